The molecule has 0 saturated heterocycles. The molecule has 2 saturated carbocycles. The summed E-state index contributed by atoms with van der Waals surface area (Å²) in [4.78, 5) is 0.540. The number of aliphatic hydroxyl groups is 1. The molecule has 11 heteroatoms. The summed E-state index contributed by atoms with van der Waals surface area (Å²) in [6.45, 7) is 0.175. The summed E-state index contributed by atoms with van der Waals surface area (Å²) in [7, 11) is 0. The number of benzene rings is 3. The number of hydrogen-bond acceptors (Lipinski definition) is 6. The molecule has 1 heterocycles. The topological polar surface area (TPSA) is 81.8 Å². The van der Waals surface area contributed by atoms with E-state index in [4.69, 9.17) is 48.2 Å². The molecular formula is C29H25Cl3NNaO5S. The van der Waals surface area contributed by atoms with Gasteiger partial charge < -0.3 is 14.4 Å². The van der Waals surface area contributed by atoms with E-state index in [1.807, 2.05) is 6.07 Å². The Morgan fingerprint density at radius 2 is 1.70 bits per heavy atom. The Morgan fingerprint density at radius 3 is 2.33 bits per heavy atom. The Bertz CT molecular complexity index is 1530. The Morgan fingerprint density at radius 1 is 0.975 bits per heavy atom. The molecule has 2 aliphatic carbocycles. The third kappa shape index (κ3) is 5.91. The molecule has 1 aromatic heterocycles. The molecule has 6 nitrogen and oxygen atoms in total. The van der Waals surface area contributed by atoms with Crippen LogP contribution in [0.2, 0.25) is 15.1 Å². The monoisotopic (exact) mass is 627 g/mol. The number of rotatable bonds is 9. The van der Waals surface area contributed by atoms with E-state index >= 15 is 0 Å². The molecular weight excluding hydrogens is 604 g/mol. The van der Waals surface area contributed by atoms with Gasteiger partial charge in [-0.2, -0.15) is 0 Å². The van der Waals surface area contributed by atoms with Crippen LogP contribution < -0.4 is 4.74 Å². The molecule has 1 N–H and O–H groups in total. The maximum absolute atomic E-state index is 12.7. The van der Waals surface area contributed by atoms with Gasteiger partial charge in [0.15, 0.2) is 11.1 Å². The minimum absolute atomic E-state index is 0. The van der Waals surface area contributed by atoms with Crippen molar-refractivity contribution in [2.45, 2.75) is 54.8 Å². The molecule has 0 amide bonds. The third-order valence-electron chi connectivity index (χ3n) is 7.22. The molecule has 6 rings (SSSR count). The van der Waals surface area contributed by atoms with Gasteiger partial charge in [0, 0.05) is 17.0 Å². The molecule has 0 aliphatic heterocycles. The number of nitrogens with zero attached hydrogens (tertiary/aromatic N) is 1. The van der Waals surface area contributed by atoms with Crippen LogP contribution >= 0.6 is 34.8 Å². The summed E-state index contributed by atoms with van der Waals surface area (Å²) in [6, 6.07) is 19.3. The summed E-state index contributed by atoms with van der Waals surface area (Å²) in [5.41, 5.74) is 1.12. The number of hydrogen-bond donors (Lipinski definition) is 1. The maximum atomic E-state index is 12.7. The summed E-state index contributed by atoms with van der Waals surface area (Å²) in [6.07, 6.45) is 2.40. The molecule has 4 aromatic rings. The molecule has 3 aromatic carbocycles. The van der Waals surface area contributed by atoms with Crippen molar-refractivity contribution < 1.29 is 22.8 Å². The predicted octanol–water partition coefficient (Wildman–Crippen LogP) is 7.20. The molecule has 40 heavy (non-hydrogen) atoms. The molecule has 3 atom stereocenters. The van der Waals surface area contributed by atoms with Gasteiger partial charge in [-0.3, -0.25) is 4.18 Å². The molecule has 204 valence electrons. The Kier molecular flexibility index (Phi) is 9.37. The predicted molar refractivity (Wildman–Crippen MR) is 158 cm³/mol. The van der Waals surface area contributed by atoms with E-state index in [2.05, 4.69) is 5.16 Å². The van der Waals surface area contributed by atoms with Gasteiger partial charge in [0.25, 0.3) is 0 Å². The van der Waals surface area contributed by atoms with Crippen LogP contribution in [0.5, 0.6) is 5.75 Å². The Hall–Kier alpha value is -1.39. The molecule has 3 unspecified atom stereocenters. The van der Waals surface area contributed by atoms with Crippen LogP contribution in [0.1, 0.15) is 48.5 Å². The van der Waals surface area contributed by atoms with E-state index in [0.29, 0.717) is 61.3 Å². The second kappa shape index (κ2) is 12.5. The quantitative estimate of drug-likeness (QED) is 0.198. The minimum atomic E-state index is -1.70. The van der Waals surface area contributed by atoms with Crippen LogP contribution in [0.15, 0.2) is 76.1 Å². The fraction of sp³-hybridized carbons (Fsp3) is 0.276. The first-order chi connectivity index (χ1) is 18.8. The van der Waals surface area contributed by atoms with E-state index in [-0.39, 0.29) is 36.2 Å². The van der Waals surface area contributed by atoms with E-state index in [1.165, 1.54) is 0 Å². The van der Waals surface area contributed by atoms with Crippen molar-refractivity contribution in [2.24, 2.45) is 0 Å². The van der Waals surface area contributed by atoms with Gasteiger partial charge in [0.05, 0.1) is 25.5 Å². The van der Waals surface area contributed by atoms with Crippen molar-refractivity contribution in [2.75, 3.05) is 0 Å². The van der Waals surface area contributed by atoms with Crippen molar-refractivity contribution in [3.05, 3.63) is 98.7 Å². The molecule has 0 radical (unpaired) electrons. The Labute approximate surface area is 271 Å². The number of ether oxygens (including phenoxy) is 1. The van der Waals surface area contributed by atoms with Crippen molar-refractivity contribution in [3.8, 4) is 17.0 Å². The SMILES string of the molecule is O=S(OC1CCC1(O)c1ccc(OCc2c(-c3c(Cl)cccc3Cl)noc2C2CC2)cc1Cl)c1ccccc1.[NaH]. The Balaban J connectivity index is 0.00000323. The third-order valence-corrected chi connectivity index (χ3v) is 9.22. The van der Waals surface area contributed by atoms with E-state index < -0.39 is 22.8 Å². The average Bonchev–Trinajstić information content (AvgIpc) is 3.70. The number of aromatic nitrogens is 1. The van der Waals surface area contributed by atoms with Gasteiger partial charge in [-0.1, -0.05) is 70.3 Å². The second-order valence-electron chi connectivity index (χ2n) is 9.77. The van der Waals surface area contributed by atoms with E-state index in [1.54, 1.807) is 60.7 Å². The van der Waals surface area contributed by atoms with Crippen LogP contribution in [0, 0.1) is 0 Å². The molecule has 2 aliphatic rings. The summed E-state index contributed by atoms with van der Waals surface area (Å²) >= 11 is 17.8. The first-order valence-electron chi connectivity index (χ1n) is 12.6. The number of halogens is 3. The van der Waals surface area contributed by atoms with Crippen molar-refractivity contribution in [1.29, 1.82) is 0 Å². The molecule has 0 spiro atoms. The fourth-order valence-electron chi connectivity index (χ4n) is 4.80. The normalized spacial score (nSPS) is 20.9. The summed E-state index contributed by atoms with van der Waals surface area (Å²) in [5.74, 6) is 1.58. The zero-order chi connectivity index (χ0) is 27.1. The summed E-state index contributed by atoms with van der Waals surface area (Å²) in [5, 5.41) is 17.0. The average molecular weight is 629 g/mol. The van der Waals surface area contributed by atoms with Gasteiger partial charge in [-0.05, 0) is 62.1 Å². The van der Waals surface area contributed by atoms with Crippen LogP contribution in [0.4, 0.5) is 0 Å². The van der Waals surface area contributed by atoms with Gasteiger partial charge in [0.2, 0.25) is 0 Å². The first-order valence-corrected chi connectivity index (χ1v) is 14.8. The van der Waals surface area contributed by atoms with Crippen molar-refractivity contribution >= 4 is 75.4 Å². The zero-order valence-corrected chi connectivity index (χ0v) is 23.7. The van der Waals surface area contributed by atoms with Crippen LogP contribution in [-0.2, 0) is 27.5 Å². The van der Waals surface area contributed by atoms with Gasteiger partial charge in [0.1, 0.15) is 35.5 Å². The zero-order valence-electron chi connectivity index (χ0n) is 20.6. The molecule has 0 bridgehead atoms. The summed E-state index contributed by atoms with van der Waals surface area (Å²) < 4.78 is 30.2. The van der Waals surface area contributed by atoms with Gasteiger partial charge in [-0.15, -0.1) is 0 Å². The fourth-order valence-corrected chi connectivity index (χ4v) is 6.67. The van der Waals surface area contributed by atoms with Crippen LogP contribution in [0.3, 0.4) is 0 Å². The molecule has 2 fully saturated rings. The second-order valence-corrected chi connectivity index (χ2v) is 12.1. The van der Waals surface area contributed by atoms with Gasteiger partial charge in [-0.25, -0.2) is 4.21 Å². The van der Waals surface area contributed by atoms with Gasteiger partial charge >= 0.3 is 29.6 Å². The van der Waals surface area contributed by atoms with Crippen molar-refractivity contribution in [3.63, 3.8) is 0 Å². The first kappa shape index (κ1) is 30.1. The van der Waals surface area contributed by atoms with Crippen molar-refractivity contribution in [1.82, 2.24) is 5.16 Å². The van der Waals surface area contributed by atoms with Crippen LogP contribution in [-0.4, -0.2) is 50.1 Å². The standard InChI is InChI=1S/C29H24Cl3NO5S.Na.H/c30-22-7-4-8-23(31)26(22)27-20(28(37-33-27)17-9-10-17)16-36-18-11-12-21(24(32)15-18)29(34)14-13-25(29)38-39(35)19-5-2-1-3-6-19;;/h1-8,11-12,15,17,25,34H,9-10,13-14,16H2;;. The van der Waals surface area contributed by atoms with Crippen LogP contribution in [0.25, 0.3) is 11.3 Å². The van der Waals surface area contributed by atoms with E-state index in [9.17, 15) is 9.32 Å². The van der Waals surface area contributed by atoms with E-state index in [0.717, 1.165) is 24.2 Å².